The van der Waals surface area contributed by atoms with Gasteiger partial charge in [0.15, 0.2) is 0 Å². The Balaban J connectivity index is 1.83. The quantitative estimate of drug-likeness (QED) is 0.930. The summed E-state index contributed by atoms with van der Waals surface area (Å²) in [6.07, 6.45) is -2.91. The molecule has 1 saturated heterocycles. The van der Waals surface area contributed by atoms with E-state index in [1.54, 1.807) is 0 Å². The summed E-state index contributed by atoms with van der Waals surface area (Å²) < 4.78 is 31.1. The average Bonchev–Trinajstić information content (AvgIpc) is 2.53. The second kappa shape index (κ2) is 6.85. The molecule has 0 atom stereocenters. The molecule has 1 fully saturated rings. The fourth-order valence-electron chi connectivity index (χ4n) is 2.39. The summed E-state index contributed by atoms with van der Waals surface area (Å²) in [4.78, 5) is 13.3. The zero-order valence-electron chi connectivity index (χ0n) is 11.7. The highest BCUT2D eigenvalue weighted by molar-refractivity contribution is 5.67. The minimum absolute atomic E-state index is 0.0849. The number of halogens is 2. The van der Waals surface area contributed by atoms with E-state index in [0.29, 0.717) is 0 Å². The monoisotopic (exact) mass is 299 g/mol. The molecule has 116 valence electrons. The highest BCUT2D eigenvalue weighted by atomic mass is 19.3. The first-order chi connectivity index (χ1) is 10.1. The molecule has 0 aromatic heterocycles. The molecule has 0 bridgehead atoms. The Hall–Kier alpha value is -1.69. The third-order valence-electron chi connectivity index (χ3n) is 4.00. The van der Waals surface area contributed by atoms with E-state index in [0.717, 1.165) is 5.56 Å². The maximum atomic E-state index is 13.0. The van der Waals surface area contributed by atoms with Gasteiger partial charge >= 0.3 is 6.09 Å². The lowest BCUT2D eigenvalue weighted by molar-refractivity contribution is -0.0765. The molecule has 4 nitrogen and oxygen atoms in total. The van der Waals surface area contributed by atoms with Gasteiger partial charge in [0.25, 0.3) is 0 Å². The number of rotatable bonds is 4. The number of ether oxygens (including phenoxy) is 1. The SMILES string of the molecule is O=C(OCc1ccccc1)N1CCC(CO)(C(F)F)CC1. The maximum Gasteiger partial charge on any atom is 0.410 e. The van der Waals surface area contributed by atoms with Crippen LogP contribution in [0.1, 0.15) is 18.4 Å². The second-order valence-corrected chi connectivity index (χ2v) is 5.35. The minimum atomic E-state index is -2.58. The Morgan fingerprint density at radius 1 is 1.29 bits per heavy atom. The van der Waals surface area contributed by atoms with Crippen molar-refractivity contribution in [2.45, 2.75) is 25.9 Å². The standard InChI is InChI=1S/C15H19F2NO3/c16-13(17)15(11-19)6-8-18(9-7-15)14(20)21-10-12-4-2-1-3-5-12/h1-5,13,19H,6-11H2. The number of carbonyl (C=O) groups excluding carboxylic acids is 1. The average molecular weight is 299 g/mol. The molecule has 0 saturated carbocycles. The van der Waals surface area contributed by atoms with E-state index in [1.807, 2.05) is 30.3 Å². The number of nitrogens with zero attached hydrogens (tertiary/aromatic N) is 1. The number of alkyl halides is 2. The second-order valence-electron chi connectivity index (χ2n) is 5.35. The smallest absolute Gasteiger partial charge is 0.410 e. The number of aliphatic hydroxyl groups is 1. The lowest BCUT2D eigenvalue weighted by atomic mass is 9.79. The molecule has 1 amide bonds. The minimum Gasteiger partial charge on any atom is -0.445 e. The third kappa shape index (κ3) is 3.69. The number of carbonyl (C=O) groups is 1. The fraction of sp³-hybridized carbons (Fsp3) is 0.533. The first-order valence-corrected chi connectivity index (χ1v) is 6.92. The van der Waals surface area contributed by atoms with Crippen LogP contribution in [0, 0.1) is 5.41 Å². The van der Waals surface area contributed by atoms with E-state index in [1.165, 1.54) is 4.90 Å². The number of benzene rings is 1. The van der Waals surface area contributed by atoms with Crippen LogP contribution in [0.2, 0.25) is 0 Å². The highest BCUT2D eigenvalue weighted by Gasteiger charge is 2.43. The molecule has 1 aromatic carbocycles. The van der Waals surface area contributed by atoms with Gasteiger partial charge in [0, 0.05) is 13.1 Å². The van der Waals surface area contributed by atoms with Crippen molar-refractivity contribution in [2.75, 3.05) is 19.7 Å². The third-order valence-corrected chi connectivity index (χ3v) is 4.00. The maximum absolute atomic E-state index is 13.0. The van der Waals surface area contributed by atoms with E-state index < -0.39 is 24.5 Å². The van der Waals surface area contributed by atoms with Crippen molar-refractivity contribution in [1.29, 1.82) is 0 Å². The fourth-order valence-corrected chi connectivity index (χ4v) is 2.39. The van der Waals surface area contributed by atoms with Gasteiger partial charge in [-0.05, 0) is 18.4 Å². The predicted molar refractivity (Wildman–Crippen MR) is 73.0 cm³/mol. The van der Waals surface area contributed by atoms with Crippen LogP contribution in [0.4, 0.5) is 13.6 Å². The molecule has 0 spiro atoms. The van der Waals surface area contributed by atoms with Crippen LogP contribution >= 0.6 is 0 Å². The normalized spacial score (nSPS) is 17.8. The largest absolute Gasteiger partial charge is 0.445 e. The molecular weight excluding hydrogens is 280 g/mol. The molecule has 0 unspecified atom stereocenters. The van der Waals surface area contributed by atoms with Crippen molar-refractivity contribution in [1.82, 2.24) is 4.90 Å². The lowest BCUT2D eigenvalue weighted by Crippen LogP contribution is -2.47. The zero-order valence-corrected chi connectivity index (χ0v) is 11.7. The Bertz CT molecular complexity index is 459. The van der Waals surface area contributed by atoms with Gasteiger partial charge in [0.05, 0.1) is 12.0 Å². The van der Waals surface area contributed by atoms with Gasteiger partial charge in [0.1, 0.15) is 6.61 Å². The van der Waals surface area contributed by atoms with Crippen LogP contribution < -0.4 is 0 Å². The molecule has 2 rings (SSSR count). The van der Waals surface area contributed by atoms with E-state index in [2.05, 4.69) is 0 Å². The molecular formula is C15H19F2NO3. The molecule has 0 aliphatic carbocycles. The van der Waals surface area contributed by atoms with Gasteiger partial charge in [-0.2, -0.15) is 0 Å². The van der Waals surface area contributed by atoms with Crippen LogP contribution in [0.15, 0.2) is 30.3 Å². The van der Waals surface area contributed by atoms with Gasteiger partial charge in [-0.1, -0.05) is 30.3 Å². The van der Waals surface area contributed by atoms with Crippen LogP contribution in [0.25, 0.3) is 0 Å². The first kappa shape index (κ1) is 15.7. The lowest BCUT2D eigenvalue weighted by Gasteiger charge is -2.39. The zero-order chi connectivity index (χ0) is 15.3. The topological polar surface area (TPSA) is 49.8 Å². The molecule has 21 heavy (non-hydrogen) atoms. The summed E-state index contributed by atoms with van der Waals surface area (Å²) >= 11 is 0. The van der Waals surface area contributed by atoms with Crippen molar-refractivity contribution in [3.63, 3.8) is 0 Å². The molecule has 1 aliphatic heterocycles. The molecule has 0 radical (unpaired) electrons. The van der Waals surface area contributed by atoms with Crippen LogP contribution in [0.3, 0.4) is 0 Å². The van der Waals surface area contributed by atoms with E-state index in [-0.39, 0.29) is 32.5 Å². The van der Waals surface area contributed by atoms with Gasteiger partial charge < -0.3 is 14.7 Å². The summed E-state index contributed by atoms with van der Waals surface area (Å²) in [6, 6.07) is 9.26. The molecule has 6 heteroatoms. The van der Waals surface area contributed by atoms with Gasteiger partial charge in [0.2, 0.25) is 6.43 Å². The Morgan fingerprint density at radius 2 is 1.90 bits per heavy atom. The molecule has 1 aromatic rings. The number of aliphatic hydroxyl groups excluding tert-OH is 1. The number of hydrogen-bond acceptors (Lipinski definition) is 3. The first-order valence-electron chi connectivity index (χ1n) is 6.92. The van der Waals surface area contributed by atoms with Crippen molar-refractivity contribution in [3.05, 3.63) is 35.9 Å². The van der Waals surface area contributed by atoms with Crippen LogP contribution in [-0.2, 0) is 11.3 Å². The Kier molecular flexibility index (Phi) is 5.12. The summed E-state index contributed by atoms with van der Waals surface area (Å²) in [6.45, 7) is -0.0369. The van der Waals surface area contributed by atoms with E-state index in [4.69, 9.17) is 4.74 Å². The predicted octanol–water partition coefficient (Wildman–Crippen LogP) is 2.66. The van der Waals surface area contributed by atoms with E-state index >= 15 is 0 Å². The van der Waals surface area contributed by atoms with Gasteiger partial charge in [-0.3, -0.25) is 0 Å². The summed E-state index contributed by atoms with van der Waals surface area (Å²) in [5.74, 6) is 0. The van der Waals surface area contributed by atoms with Crippen molar-refractivity contribution < 1.29 is 23.4 Å². The van der Waals surface area contributed by atoms with Crippen molar-refractivity contribution in [3.8, 4) is 0 Å². The van der Waals surface area contributed by atoms with Crippen molar-refractivity contribution >= 4 is 6.09 Å². The molecule has 1 N–H and O–H groups in total. The number of amides is 1. The Morgan fingerprint density at radius 3 is 2.43 bits per heavy atom. The molecule has 1 aliphatic rings. The van der Waals surface area contributed by atoms with E-state index in [9.17, 15) is 18.7 Å². The highest BCUT2D eigenvalue weighted by Crippen LogP contribution is 2.37. The van der Waals surface area contributed by atoms with Crippen LogP contribution in [0.5, 0.6) is 0 Å². The molecule has 1 heterocycles. The summed E-state index contributed by atoms with van der Waals surface area (Å²) in [5, 5.41) is 9.17. The Labute approximate surface area is 122 Å². The van der Waals surface area contributed by atoms with Crippen LogP contribution in [-0.4, -0.2) is 42.2 Å². The van der Waals surface area contributed by atoms with Gasteiger partial charge in [-0.15, -0.1) is 0 Å². The van der Waals surface area contributed by atoms with Crippen molar-refractivity contribution in [2.24, 2.45) is 5.41 Å². The number of hydrogen-bond donors (Lipinski definition) is 1. The number of piperidine rings is 1. The summed E-state index contributed by atoms with van der Waals surface area (Å²) in [7, 11) is 0. The van der Waals surface area contributed by atoms with Gasteiger partial charge in [-0.25, -0.2) is 13.6 Å². The summed E-state index contributed by atoms with van der Waals surface area (Å²) in [5.41, 5.74) is -0.504. The number of likely N-dealkylation sites (tertiary alicyclic amines) is 1.